The predicted molar refractivity (Wildman–Crippen MR) is 95.5 cm³/mol. The molecule has 0 spiro atoms. The summed E-state index contributed by atoms with van der Waals surface area (Å²) in [7, 11) is 0. The number of hydrogen-bond acceptors (Lipinski definition) is 2. The van der Waals surface area contributed by atoms with Crippen LogP contribution in [0.15, 0.2) is 54.7 Å². The summed E-state index contributed by atoms with van der Waals surface area (Å²) in [6, 6.07) is 16.2. The van der Waals surface area contributed by atoms with Crippen molar-refractivity contribution in [2.45, 2.75) is 13.8 Å². The SMILES string of the molecule is CC(C)CNc1ncc(-c2ccccc2Cl)c2ccccc12. The Morgan fingerprint density at radius 3 is 2.36 bits per heavy atom. The minimum absolute atomic E-state index is 0.573. The summed E-state index contributed by atoms with van der Waals surface area (Å²) >= 11 is 6.36. The molecule has 0 fully saturated rings. The van der Waals surface area contributed by atoms with E-state index in [9.17, 15) is 0 Å². The first-order valence-corrected chi connectivity index (χ1v) is 7.91. The molecule has 0 saturated carbocycles. The number of nitrogens with zero attached hydrogens (tertiary/aromatic N) is 1. The molecule has 1 heterocycles. The second-order valence-electron chi connectivity index (χ2n) is 5.82. The first kappa shape index (κ1) is 14.9. The van der Waals surface area contributed by atoms with E-state index in [1.54, 1.807) is 0 Å². The molecule has 0 unspecified atom stereocenters. The number of hydrogen-bond donors (Lipinski definition) is 1. The van der Waals surface area contributed by atoms with E-state index in [4.69, 9.17) is 11.6 Å². The Morgan fingerprint density at radius 2 is 1.64 bits per heavy atom. The van der Waals surface area contributed by atoms with Gasteiger partial charge in [0, 0.05) is 34.3 Å². The molecule has 22 heavy (non-hydrogen) atoms. The van der Waals surface area contributed by atoms with Gasteiger partial charge in [0.2, 0.25) is 0 Å². The highest BCUT2D eigenvalue weighted by molar-refractivity contribution is 6.33. The molecule has 0 amide bonds. The fourth-order valence-corrected chi connectivity index (χ4v) is 2.77. The van der Waals surface area contributed by atoms with Crippen LogP contribution in [0, 0.1) is 5.92 Å². The van der Waals surface area contributed by atoms with Crippen molar-refractivity contribution in [2.75, 3.05) is 11.9 Å². The molecule has 0 aliphatic rings. The standard InChI is InChI=1S/C19H19ClN2/c1-13(2)11-21-19-16-9-4-3-7-14(16)17(12-22-19)15-8-5-6-10-18(15)20/h3-10,12-13H,11H2,1-2H3,(H,21,22). The lowest BCUT2D eigenvalue weighted by Gasteiger charge is -2.14. The van der Waals surface area contributed by atoms with Crippen LogP contribution < -0.4 is 5.32 Å². The minimum atomic E-state index is 0.573. The Morgan fingerprint density at radius 1 is 0.955 bits per heavy atom. The third kappa shape index (κ3) is 2.93. The molecule has 3 aromatic rings. The van der Waals surface area contributed by atoms with Crippen molar-refractivity contribution in [1.82, 2.24) is 4.98 Å². The maximum absolute atomic E-state index is 6.36. The quantitative estimate of drug-likeness (QED) is 0.676. The van der Waals surface area contributed by atoms with Crippen molar-refractivity contribution in [2.24, 2.45) is 5.92 Å². The number of aromatic nitrogens is 1. The van der Waals surface area contributed by atoms with E-state index >= 15 is 0 Å². The maximum atomic E-state index is 6.36. The maximum Gasteiger partial charge on any atom is 0.133 e. The van der Waals surface area contributed by atoms with Crippen molar-refractivity contribution in [3.63, 3.8) is 0 Å². The molecule has 3 heteroatoms. The van der Waals surface area contributed by atoms with Crippen molar-refractivity contribution >= 4 is 28.2 Å². The van der Waals surface area contributed by atoms with Gasteiger partial charge in [-0.2, -0.15) is 0 Å². The van der Waals surface area contributed by atoms with E-state index < -0.39 is 0 Å². The van der Waals surface area contributed by atoms with E-state index in [2.05, 4.69) is 42.3 Å². The van der Waals surface area contributed by atoms with Gasteiger partial charge in [-0.3, -0.25) is 0 Å². The highest BCUT2D eigenvalue weighted by Crippen LogP contribution is 2.35. The van der Waals surface area contributed by atoms with Crippen LogP contribution in [-0.2, 0) is 0 Å². The molecule has 0 saturated heterocycles. The first-order chi connectivity index (χ1) is 10.7. The number of nitrogens with one attached hydrogen (secondary N) is 1. The summed E-state index contributed by atoms with van der Waals surface area (Å²) in [5, 5.41) is 6.47. The lowest BCUT2D eigenvalue weighted by atomic mass is 10.0. The molecule has 1 N–H and O–H groups in total. The van der Waals surface area contributed by atoms with Gasteiger partial charge in [-0.05, 0) is 17.4 Å². The van der Waals surface area contributed by atoms with E-state index in [0.29, 0.717) is 5.92 Å². The Labute approximate surface area is 136 Å². The van der Waals surface area contributed by atoms with Gasteiger partial charge >= 0.3 is 0 Å². The zero-order chi connectivity index (χ0) is 15.5. The van der Waals surface area contributed by atoms with Gasteiger partial charge in [0.05, 0.1) is 0 Å². The number of rotatable bonds is 4. The molecule has 112 valence electrons. The van der Waals surface area contributed by atoms with Crippen LogP contribution in [0.25, 0.3) is 21.9 Å². The molecule has 0 aliphatic carbocycles. The Bertz CT molecular complexity index is 796. The second-order valence-corrected chi connectivity index (χ2v) is 6.23. The third-order valence-electron chi connectivity index (χ3n) is 3.64. The molecular formula is C19H19ClN2. The van der Waals surface area contributed by atoms with E-state index in [1.807, 2.05) is 36.5 Å². The Kier molecular flexibility index (Phi) is 4.30. The zero-order valence-corrected chi connectivity index (χ0v) is 13.6. The van der Waals surface area contributed by atoms with Crippen molar-refractivity contribution in [3.05, 3.63) is 59.8 Å². The monoisotopic (exact) mass is 310 g/mol. The van der Waals surface area contributed by atoms with Crippen molar-refractivity contribution in [3.8, 4) is 11.1 Å². The largest absolute Gasteiger partial charge is 0.369 e. The number of halogens is 1. The van der Waals surface area contributed by atoms with Gasteiger partial charge < -0.3 is 5.32 Å². The second kappa shape index (κ2) is 6.37. The van der Waals surface area contributed by atoms with Crippen LogP contribution in [0.2, 0.25) is 5.02 Å². The summed E-state index contributed by atoms with van der Waals surface area (Å²) in [5.41, 5.74) is 2.08. The topological polar surface area (TPSA) is 24.9 Å². The fourth-order valence-electron chi connectivity index (χ4n) is 2.53. The Hall–Kier alpha value is -2.06. The van der Waals surface area contributed by atoms with Gasteiger partial charge in [0.15, 0.2) is 0 Å². The lowest BCUT2D eigenvalue weighted by molar-refractivity contribution is 0.687. The molecular weight excluding hydrogens is 292 g/mol. The predicted octanol–water partition coefficient (Wildman–Crippen LogP) is 5.62. The molecule has 2 nitrogen and oxygen atoms in total. The number of benzene rings is 2. The first-order valence-electron chi connectivity index (χ1n) is 7.53. The zero-order valence-electron chi connectivity index (χ0n) is 12.8. The normalized spacial score (nSPS) is 11.1. The summed E-state index contributed by atoms with van der Waals surface area (Å²) < 4.78 is 0. The van der Waals surface area contributed by atoms with Crippen molar-refractivity contribution < 1.29 is 0 Å². The molecule has 0 radical (unpaired) electrons. The molecule has 0 aliphatic heterocycles. The smallest absolute Gasteiger partial charge is 0.133 e. The van der Waals surface area contributed by atoms with Crippen LogP contribution in [0.3, 0.4) is 0 Å². The molecule has 0 atom stereocenters. The lowest BCUT2D eigenvalue weighted by Crippen LogP contribution is -2.09. The highest BCUT2D eigenvalue weighted by atomic mass is 35.5. The average molecular weight is 311 g/mol. The molecule has 0 bridgehead atoms. The molecule has 2 aromatic carbocycles. The van der Waals surface area contributed by atoms with Gasteiger partial charge in [-0.25, -0.2) is 4.98 Å². The number of fused-ring (bicyclic) bond motifs is 1. The summed E-state index contributed by atoms with van der Waals surface area (Å²) in [6.45, 7) is 5.28. The van der Waals surface area contributed by atoms with Gasteiger partial charge in [0.1, 0.15) is 5.82 Å². The Balaban J connectivity index is 2.14. The number of pyridine rings is 1. The van der Waals surface area contributed by atoms with Gasteiger partial charge in [0.25, 0.3) is 0 Å². The summed E-state index contributed by atoms with van der Waals surface area (Å²) in [5.74, 6) is 1.50. The molecule has 1 aromatic heterocycles. The van der Waals surface area contributed by atoms with Crippen molar-refractivity contribution in [1.29, 1.82) is 0 Å². The van der Waals surface area contributed by atoms with Crippen LogP contribution in [0.1, 0.15) is 13.8 Å². The minimum Gasteiger partial charge on any atom is -0.369 e. The highest BCUT2D eigenvalue weighted by Gasteiger charge is 2.11. The van der Waals surface area contributed by atoms with E-state index in [1.165, 1.54) is 0 Å². The van der Waals surface area contributed by atoms with E-state index in [0.717, 1.165) is 39.3 Å². The van der Waals surface area contributed by atoms with Crippen LogP contribution in [0.4, 0.5) is 5.82 Å². The summed E-state index contributed by atoms with van der Waals surface area (Å²) in [6.07, 6.45) is 1.91. The average Bonchev–Trinajstić information content (AvgIpc) is 2.53. The summed E-state index contributed by atoms with van der Waals surface area (Å²) in [4.78, 5) is 4.63. The number of anilines is 1. The van der Waals surface area contributed by atoms with E-state index in [-0.39, 0.29) is 0 Å². The fraction of sp³-hybridized carbons (Fsp3) is 0.211. The van der Waals surface area contributed by atoms with Gasteiger partial charge in [-0.1, -0.05) is 67.9 Å². The van der Waals surface area contributed by atoms with Crippen LogP contribution in [0.5, 0.6) is 0 Å². The van der Waals surface area contributed by atoms with Crippen LogP contribution in [-0.4, -0.2) is 11.5 Å². The third-order valence-corrected chi connectivity index (χ3v) is 3.97. The van der Waals surface area contributed by atoms with Crippen LogP contribution >= 0.6 is 11.6 Å². The van der Waals surface area contributed by atoms with Gasteiger partial charge in [-0.15, -0.1) is 0 Å². The molecule has 3 rings (SSSR count).